The van der Waals surface area contributed by atoms with E-state index in [-0.39, 0.29) is 6.04 Å². The molecule has 0 radical (unpaired) electrons. The topological polar surface area (TPSA) is 82.3 Å². The summed E-state index contributed by atoms with van der Waals surface area (Å²) in [5.41, 5.74) is 6.48. The highest BCUT2D eigenvalue weighted by atomic mass is 32.2. The van der Waals surface area contributed by atoms with Gasteiger partial charge < -0.3 is 10.5 Å². The first kappa shape index (κ1) is 13.6. The highest BCUT2D eigenvalue weighted by Gasteiger charge is 2.21. The van der Waals surface area contributed by atoms with E-state index in [9.17, 15) is 8.42 Å². The van der Waals surface area contributed by atoms with E-state index in [0.29, 0.717) is 17.3 Å². The zero-order chi connectivity index (χ0) is 12.3. The number of rotatable bonds is 5. The van der Waals surface area contributed by atoms with E-state index in [1.54, 1.807) is 19.4 Å². The molecule has 7 heteroatoms. The summed E-state index contributed by atoms with van der Waals surface area (Å²) in [7, 11) is -1.54. The lowest BCUT2D eigenvalue weighted by Gasteiger charge is -2.07. The van der Waals surface area contributed by atoms with Crippen molar-refractivity contribution < 1.29 is 13.2 Å². The molecule has 0 bridgehead atoms. The highest BCUT2D eigenvalue weighted by molar-refractivity contribution is 7.91. The maximum absolute atomic E-state index is 11.3. The maximum atomic E-state index is 11.3. The van der Waals surface area contributed by atoms with Crippen LogP contribution in [0.15, 0.2) is 5.38 Å². The molecule has 0 aromatic carbocycles. The first-order valence-electron chi connectivity index (χ1n) is 4.75. The van der Waals surface area contributed by atoms with Crippen LogP contribution in [0.5, 0.6) is 0 Å². The van der Waals surface area contributed by atoms with Crippen molar-refractivity contribution in [1.82, 2.24) is 4.98 Å². The predicted molar refractivity (Wildman–Crippen MR) is 64.2 cm³/mol. The Kier molecular flexibility index (Phi) is 4.43. The molecule has 0 saturated heterocycles. The highest BCUT2D eigenvalue weighted by Crippen LogP contribution is 2.26. The number of methoxy groups -OCH3 is 1. The number of hydrogen-bond donors (Lipinski definition) is 1. The number of aromatic nitrogens is 1. The molecule has 0 amide bonds. The Morgan fingerprint density at radius 3 is 2.75 bits per heavy atom. The second-order valence-corrected chi connectivity index (χ2v) is 6.90. The van der Waals surface area contributed by atoms with Crippen LogP contribution in [0.2, 0.25) is 0 Å². The third-order valence-corrected chi connectivity index (χ3v) is 4.96. The van der Waals surface area contributed by atoms with Crippen molar-refractivity contribution in [1.29, 1.82) is 0 Å². The lowest BCUT2D eigenvalue weighted by molar-refractivity contribution is 0.180. The summed E-state index contributed by atoms with van der Waals surface area (Å²) in [6, 6.07) is -0.304. The van der Waals surface area contributed by atoms with Gasteiger partial charge in [-0.15, -0.1) is 11.3 Å². The number of ether oxygens (including phenoxy) is 1. The number of nitrogens with two attached hydrogens (primary N) is 1. The van der Waals surface area contributed by atoms with E-state index in [2.05, 4.69) is 4.98 Å². The van der Waals surface area contributed by atoms with Crippen LogP contribution in [0, 0.1) is 0 Å². The van der Waals surface area contributed by atoms with E-state index in [1.165, 1.54) is 17.6 Å². The summed E-state index contributed by atoms with van der Waals surface area (Å²) >= 11 is 1.31. The summed E-state index contributed by atoms with van der Waals surface area (Å²) in [6.07, 6.45) is 1.20. The van der Waals surface area contributed by atoms with Crippen LogP contribution in [0.25, 0.3) is 0 Å². The van der Waals surface area contributed by atoms with Crippen molar-refractivity contribution in [2.24, 2.45) is 5.73 Å². The molecule has 5 nitrogen and oxygen atoms in total. The standard InChI is InChI=1S/C9H16N2O3S2/c1-6(16(3,12)13)9-11-8(5-15-9)7(10)4-14-2/h5-7H,4,10H2,1-3H3. The van der Waals surface area contributed by atoms with E-state index in [0.717, 1.165) is 0 Å². The lowest BCUT2D eigenvalue weighted by Crippen LogP contribution is -2.17. The molecular weight excluding hydrogens is 248 g/mol. The van der Waals surface area contributed by atoms with Crippen molar-refractivity contribution in [2.45, 2.75) is 18.2 Å². The number of thiazole rings is 1. The molecule has 0 aliphatic heterocycles. The summed E-state index contributed by atoms with van der Waals surface area (Å²) in [6.45, 7) is 2.00. The minimum Gasteiger partial charge on any atom is -0.383 e. The van der Waals surface area contributed by atoms with Gasteiger partial charge in [0.15, 0.2) is 9.84 Å². The largest absolute Gasteiger partial charge is 0.383 e. The Morgan fingerprint density at radius 2 is 2.25 bits per heavy atom. The van der Waals surface area contributed by atoms with Gasteiger partial charge in [-0.05, 0) is 6.92 Å². The second-order valence-electron chi connectivity index (χ2n) is 3.64. The minimum atomic E-state index is -3.10. The van der Waals surface area contributed by atoms with Crippen LogP contribution >= 0.6 is 11.3 Å². The first-order chi connectivity index (χ1) is 7.36. The van der Waals surface area contributed by atoms with Gasteiger partial charge in [0.1, 0.15) is 10.3 Å². The number of sulfone groups is 1. The fourth-order valence-corrected chi connectivity index (χ4v) is 3.03. The molecule has 0 spiro atoms. The molecule has 2 N–H and O–H groups in total. The van der Waals surface area contributed by atoms with Crippen molar-refractivity contribution in [3.63, 3.8) is 0 Å². The van der Waals surface area contributed by atoms with Gasteiger partial charge in [0.25, 0.3) is 0 Å². The first-order valence-corrected chi connectivity index (χ1v) is 7.58. The van der Waals surface area contributed by atoms with Crippen LogP contribution in [0.1, 0.15) is 28.9 Å². The summed E-state index contributed by atoms with van der Waals surface area (Å²) in [5, 5.41) is 1.77. The van der Waals surface area contributed by atoms with E-state index in [4.69, 9.17) is 10.5 Å². The van der Waals surface area contributed by atoms with E-state index in [1.807, 2.05) is 0 Å². The van der Waals surface area contributed by atoms with Gasteiger partial charge in [0.2, 0.25) is 0 Å². The quantitative estimate of drug-likeness (QED) is 0.854. The van der Waals surface area contributed by atoms with Crippen LogP contribution in [0.4, 0.5) is 0 Å². The fraction of sp³-hybridized carbons (Fsp3) is 0.667. The average Bonchev–Trinajstić information content (AvgIpc) is 2.64. The van der Waals surface area contributed by atoms with Crippen molar-refractivity contribution in [3.8, 4) is 0 Å². The minimum absolute atomic E-state index is 0.304. The van der Waals surface area contributed by atoms with Gasteiger partial charge >= 0.3 is 0 Å². The molecule has 2 unspecified atom stereocenters. The summed E-state index contributed by atoms with van der Waals surface area (Å²) in [4.78, 5) is 4.23. The molecule has 1 heterocycles. The third kappa shape index (κ3) is 3.24. The smallest absolute Gasteiger partial charge is 0.156 e. The molecule has 92 valence electrons. The molecule has 0 aliphatic carbocycles. The van der Waals surface area contributed by atoms with Gasteiger partial charge in [0.05, 0.1) is 18.3 Å². The van der Waals surface area contributed by atoms with Crippen molar-refractivity contribution >= 4 is 21.2 Å². The van der Waals surface area contributed by atoms with Gasteiger partial charge in [-0.1, -0.05) is 0 Å². The SMILES string of the molecule is COCC(N)c1csc(C(C)S(C)(=O)=O)n1. The zero-order valence-electron chi connectivity index (χ0n) is 9.50. The fourth-order valence-electron chi connectivity index (χ4n) is 1.11. The van der Waals surface area contributed by atoms with Gasteiger partial charge in [-0.2, -0.15) is 0 Å². The molecule has 16 heavy (non-hydrogen) atoms. The Balaban J connectivity index is 2.87. The Hall–Kier alpha value is -0.500. The molecule has 2 atom stereocenters. The molecule has 1 rings (SSSR count). The Morgan fingerprint density at radius 1 is 1.62 bits per heavy atom. The second kappa shape index (κ2) is 5.22. The van der Waals surface area contributed by atoms with Crippen LogP contribution in [-0.2, 0) is 14.6 Å². The van der Waals surface area contributed by atoms with Crippen LogP contribution < -0.4 is 5.73 Å². The molecule has 0 fully saturated rings. The van der Waals surface area contributed by atoms with Crippen LogP contribution in [-0.4, -0.2) is 33.4 Å². The lowest BCUT2D eigenvalue weighted by atomic mass is 10.2. The predicted octanol–water partition coefficient (Wildman–Crippen LogP) is 0.895. The van der Waals surface area contributed by atoms with Gasteiger partial charge in [-0.3, -0.25) is 0 Å². The third-order valence-electron chi connectivity index (χ3n) is 2.26. The van der Waals surface area contributed by atoms with Crippen molar-refractivity contribution in [3.05, 3.63) is 16.1 Å². The number of nitrogens with zero attached hydrogens (tertiary/aromatic N) is 1. The zero-order valence-corrected chi connectivity index (χ0v) is 11.1. The molecule has 1 aromatic heterocycles. The van der Waals surface area contributed by atoms with E-state index < -0.39 is 15.1 Å². The Bertz CT molecular complexity index is 441. The molecule has 1 aromatic rings. The molecular formula is C9H16N2O3S2. The van der Waals surface area contributed by atoms with Gasteiger partial charge in [0, 0.05) is 18.7 Å². The van der Waals surface area contributed by atoms with Crippen LogP contribution in [0.3, 0.4) is 0 Å². The maximum Gasteiger partial charge on any atom is 0.156 e. The normalized spacial score (nSPS) is 16.0. The van der Waals surface area contributed by atoms with Gasteiger partial charge in [-0.25, -0.2) is 13.4 Å². The Labute approximate surface area is 99.6 Å². The molecule has 0 aliphatic rings. The van der Waals surface area contributed by atoms with Crippen molar-refractivity contribution in [2.75, 3.05) is 20.0 Å². The average molecular weight is 264 g/mol. The summed E-state index contributed by atoms with van der Waals surface area (Å²) < 4.78 is 27.6. The van der Waals surface area contributed by atoms with E-state index >= 15 is 0 Å². The number of hydrogen-bond acceptors (Lipinski definition) is 6. The summed E-state index contributed by atoms with van der Waals surface area (Å²) in [5.74, 6) is 0. The monoisotopic (exact) mass is 264 g/mol. The molecule has 0 saturated carbocycles.